The molecular weight excluding hydrogens is 588 g/mol. The standard InChI is InChI=1S/C38H36F4N4/c1-6-9-12-22-14-15-24-30-23(22)18-20-45-33(30)31-25(16-17-26(39)32(31)34(24,4)5)35(7-2)36(45,8-3)38(35)44-19-11-10-13-27(44)28-21-29(37(40,41)42)43-46(28)38/h10-11,13-21H,6-9,12H2,1-5H3/q+2. The van der Waals surface area contributed by atoms with Crippen molar-refractivity contribution in [1.29, 1.82) is 0 Å². The number of hydrogen-bond donors (Lipinski definition) is 0. The zero-order chi connectivity index (χ0) is 32.2. The molecule has 4 nitrogen and oxygen atoms in total. The van der Waals surface area contributed by atoms with Crippen LogP contribution in [0.4, 0.5) is 17.6 Å². The van der Waals surface area contributed by atoms with Crippen LogP contribution < -0.4 is 9.13 Å². The van der Waals surface area contributed by atoms with Gasteiger partial charge in [0.05, 0.1) is 10.9 Å². The molecule has 9 rings (SSSR count). The lowest BCUT2D eigenvalue weighted by molar-refractivity contribution is -0.808. The molecule has 2 aliphatic heterocycles. The first-order valence-electron chi connectivity index (χ1n) is 16.5. The fourth-order valence-electron chi connectivity index (χ4n) is 10.7. The van der Waals surface area contributed by atoms with Gasteiger partial charge in [0.2, 0.25) is 11.4 Å². The summed E-state index contributed by atoms with van der Waals surface area (Å²) in [7, 11) is 0. The van der Waals surface area contributed by atoms with Crippen LogP contribution in [0.15, 0.2) is 67.0 Å². The van der Waals surface area contributed by atoms with Gasteiger partial charge < -0.3 is 0 Å². The Labute approximate surface area is 265 Å². The van der Waals surface area contributed by atoms with Crippen molar-refractivity contribution in [3.8, 4) is 22.6 Å². The Balaban J connectivity index is 1.50. The molecule has 0 bridgehead atoms. The summed E-state index contributed by atoms with van der Waals surface area (Å²) >= 11 is 0. The van der Waals surface area contributed by atoms with Gasteiger partial charge in [-0.15, -0.1) is 0 Å². The van der Waals surface area contributed by atoms with E-state index in [1.54, 1.807) is 10.7 Å². The third-order valence-electron chi connectivity index (χ3n) is 12.2. The molecule has 46 heavy (non-hydrogen) atoms. The lowest BCUT2D eigenvalue weighted by Gasteiger charge is -2.38. The van der Waals surface area contributed by atoms with E-state index in [0.29, 0.717) is 29.8 Å². The fraction of sp³-hybridized carbons (Fsp3) is 0.395. The lowest BCUT2D eigenvalue weighted by Crippen LogP contribution is -2.62. The molecule has 0 amide bonds. The van der Waals surface area contributed by atoms with Crippen molar-refractivity contribution in [2.24, 2.45) is 0 Å². The van der Waals surface area contributed by atoms with Crippen molar-refractivity contribution in [2.45, 2.75) is 94.9 Å². The zero-order valence-electron chi connectivity index (χ0n) is 26.7. The minimum Gasteiger partial charge on any atom is -0.207 e. The zero-order valence-corrected chi connectivity index (χ0v) is 26.7. The van der Waals surface area contributed by atoms with Crippen molar-refractivity contribution in [1.82, 2.24) is 9.78 Å². The quantitative estimate of drug-likeness (QED) is 0.143. The highest BCUT2D eigenvalue weighted by molar-refractivity contribution is 6.03. The minimum absolute atomic E-state index is 0.253. The molecule has 234 valence electrons. The van der Waals surface area contributed by atoms with Gasteiger partial charge in [-0.3, -0.25) is 0 Å². The molecule has 1 spiro atoms. The number of unbranched alkanes of at least 4 members (excludes halogenated alkanes) is 1. The molecule has 2 aromatic carbocycles. The summed E-state index contributed by atoms with van der Waals surface area (Å²) in [5.41, 5.74) is 3.05. The van der Waals surface area contributed by atoms with Gasteiger partial charge in [0.15, 0.2) is 23.5 Å². The Kier molecular flexibility index (Phi) is 5.17. The Morgan fingerprint density at radius 1 is 0.891 bits per heavy atom. The van der Waals surface area contributed by atoms with Gasteiger partial charge in [-0.25, -0.2) is 4.39 Å². The largest absolute Gasteiger partial charge is 0.435 e. The number of pyridine rings is 2. The highest BCUT2D eigenvalue weighted by Crippen LogP contribution is 2.79. The lowest BCUT2D eigenvalue weighted by atomic mass is 9.65. The van der Waals surface area contributed by atoms with Gasteiger partial charge in [0.25, 0.3) is 5.54 Å². The predicted octanol–water partition coefficient (Wildman–Crippen LogP) is 8.08. The number of halogens is 4. The first-order chi connectivity index (χ1) is 22.0. The second-order valence-electron chi connectivity index (χ2n) is 14.1. The summed E-state index contributed by atoms with van der Waals surface area (Å²) in [5.74, 6) is -0.253. The maximum atomic E-state index is 16.4. The van der Waals surface area contributed by atoms with E-state index in [0.717, 1.165) is 47.0 Å². The summed E-state index contributed by atoms with van der Waals surface area (Å²) < 4.78 is 65.6. The number of rotatable bonds is 5. The van der Waals surface area contributed by atoms with Crippen molar-refractivity contribution in [2.75, 3.05) is 0 Å². The van der Waals surface area contributed by atoms with Crippen molar-refractivity contribution in [3.05, 3.63) is 101 Å². The van der Waals surface area contributed by atoms with Crippen molar-refractivity contribution < 1.29 is 26.7 Å². The minimum atomic E-state index is -4.59. The van der Waals surface area contributed by atoms with Crippen LogP contribution in [0.25, 0.3) is 33.4 Å². The number of fused-ring (bicyclic) bond motifs is 10. The van der Waals surface area contributed by atoms with Crippen LogP contribution in [0.2, 0.25) is 0 Å². The highest BCUT2D eigenvalue weighted by atomic mass is 19.4. The van der Waals surface area contributed by atoms with Crippen molar-refractivity contribution >= 4 is 10.8 Å². The second-order valence-corrected chi connectivity index (χ2v) is 14.1. The monoisotopic (exact) mass is 624 g/mol. The molecule has 0 N–H and O–H groups in total. The van der Waals surface area contributed by atoms with E-state index in [1.807, 2.05) is 30.5 Å². The molecule has 0 saturated heterocycles. The average molecular weight is 625 g/mol. The maximum Gasteiger partial charge on any atom is 0.435 e. The van der Waals surface area contributed by atoms with Crippen LogP contribution >= 0.6 is 0 Å². The number of nitrogens with zero attached hydrogens (tertiary/aromatic N) is 4. The van der Waals surface area contributed by atoms with Crippen molar-refractivity contribution in [3.63, 3.8) is 0 Å². The van der Waals surface area contributed by atoms with Crippen LogP contribution in [0, 0.1) is 5.82 Å². The smallest absolute Gasteiger partial charge is 0.207 e. The fourth-order valence-corrected chi connectivity index (χ4v) is 10.7. The van der Waals surface area contributed by atoms with E-state index in [1.165, 1.54) is 17.0 Å². The maximum absolute atomic E-state index is 16.4. The second kappa shape index (κ2) is 8.44. The Hall–Kier alpha value is -4.07. The Morgan fingerprint density at radius 2 is 1.67 bits per heavy atom. The van der Waals surface area contributed by atoms with E-state index >= 15 is 4.39 Å². The molecule has 0 radical (unpaired) electrons. The molecule has 4 aliphatic rings. The first-order valence-corrected chi connectivity index (χ1v) is 16.5. The number of aryl methyl sites for hydroxylation is 1. The topological polar surface area (TPSA) is 25.6 Å². The van der Waals surface area contributed by atoms with Crippen LogP contribution in [0.3, 0.4) is 0 Å². The van der Waals surface area contributed by atoms with Crippen LogP contribution in [-0.4, -0.2) is 9.78 Å². The molecule has 3 aromatic heterocycles. The highest BCUT2D eigenvalue weighted by Gasteiger charge is 3.05. The number of alkyl halides is 3. The molecule has 1 saturated carbocycles. The third-order valence-corrected chi connectivity index (χ3v) is 12.2. The molecule has 5 heterocycles. The molecule has 3 atom stereocenters. The number of hydrogen-bond acceptors (Lipinski definition) is 1. The number of aromatic nitrogens is 4. The van der Waals surface area contributed by atoms with Gasteiger partial charge in [-0.05, 0) is 53.5 Å². The molecule has 5 aromatic rings. The van der Waals surface area contributed by atoms with Gasteiger partial charge in [0, 0.05) is 41.7 Å². The SMILES string of the molecule is CCCCc1ccc2c3c4[n+](ccc13)C1(CC)C(CC)(c3ccc(F)c(c3-4)C2(C)C)C12n1nc(C(F)(F)F)cc1-c1cccc[n+]12. The van der Waals surface area contributed by atoms with Gasteiger partial charge in [-0.1, -0.05) is 59.2 Å². The van der Waals surface area contributed by atoms with E-state index in [4.69, 9.17) is 0 Å². The van der Waals surface area contributed by atoms with E-state index < -0.39 is 33.9 Å². The van der Waals surface area contributed by atoms with Gasteiger partial charge in [-0.2, -0.15) is 32.1 Å². The molecule has 2 aliphatic carbocycles. The molecule has 8 heteroatoms. The third kappa shape index (κ3) is 2.66. The first kappa shape index (κ1) is 28.2. The van der Waals surface area contributed by atoms with Crippen LogP contribution in [0.5, 0.6) is 0 Å². The van der Waals surface area contributed by atoms with Crippen LogP contribution in [0.1, 0.15) is 88.2 Å². The normalized spacial score (nSPS) is 25.5. The molecular formula is C38H36F4N4+2. The van der Waals surface area contributed by atoms with Gasteiger partial charge in [0.1, 0.15) is 11.5 Å². The summed E-state index contributed by atoms with van der Waals surface area (Å²) in [6.45, 7) is 10.7. The average Bonchev–Trinajstić information content (AvgIpc) is 3.23. The van der Waals surface area contributed by atoms with Gasteiger partial charge >= 0.3 is 11.8 Å². The summed E-state index contributed by atoms with van der Waals surface area (Å²) in [6, 6.07) is 17.0. The molecule has 3 unspecified atom stereocenters. The number of benzene rings is 2. The Bertz CT molecular complexity index is 2180. The summed E-state index contributed by atoms with van der Waals surface area (Å²) in [4.78, 5) is 0. The van der Waals surface area contributed by atoms with Crippen LogP contribution in [-0.2, 0) is 34.6 Å². The summed E-state index contributed by atoms with van der Waals surface area (Å²) in [6.07, 6.45) is 3.89. The van der Waals surface area contributed by atoms with E-state index in [2.05, 4.69) is 73.2 Å². The predicted molar refractivity (Wildman–Crippen MR) is 167 cm³/mol. The summed E-state index contributed by atoms with van der Waals surface area (Å²) in [5, 5.41) is 6.73. The van der Waals surface area contributed by atoms with E-state index in [9.17, 15) is 13.2 Å². The Morgan fingerprint density at radius 3 is 2.39 bits per heavy atom. The molecule has 1 fully saturated rings. The van der Waals surface area contributed by atoms with E-state index in [-0.39, 0.29) is 5.82 Å².